The molecule has 1 aliphatic rings. The second-order valence-corrected chi connectivity index (χ2v) is 7.61. The fraction of sp³-hybridized carbons (Fsp3) is 0.545. The lowest BCUT2D eigenvalue weighted by molar-refractivity contribution is -0.123. The highest BCUT2D eigenvalue weighted by molar-refractivity contribution is 5.84. The number of carbonyl (C=O) groups excluding carboxylic acids is 1. The zero-order chi connectivity index (χ0) is 20.8. The van der Waals surface area contributed by atoms with Crippen LogP contribution >= 0.6 is 0 Å². The number of rotatable bonds is 8. The van der Waals surface area contributed by atoms with Crippen molar-refractivity contribution in [2.75, 3.05) is 46.0 Å². The number of nitrogens with one attached hydrogen (secondary N) is 1. The third-order valence-electron chi connectivity index (χ3n) is 5.28. The first-order valence-electron chi connectivity index (χ1n) is 10.4. The number of morpholine rings is 1. The van der Waals surface area contributed by atoms with Gasteiger partial charge in [-0.15, -0.1) is 0 Å². The van der Waals surface area contributed by atoms with Crippen LogP contribution in [0.4, 0.5) is 0 Å². The van der Waals surface area contributed by atoms with Crippen LogP contribution in [0.15, 0.2) is 29.1 Å². The Morgan fingerprint density at radius 3 is 2.69 bits per heavy atom. The van der Waals surface area contributed by atoms with Crippen LogP contribution in [0.2, 0.25) is 0 Å². The Labute approximate surface area is 171 Å². The van der Waals surface area contributed by atoms with E-state index in [1.165, 1.54) is 0 Å². The maximum absolute atomic E-state index is 12.5. The number of aryl methyl sites for hydroxylation is 1. The fourth-order valence-electron chi connectivity index (χ4n) is 3.66. The van der Waals surface area contributed by atoms with E-state index in [-0.39, 0.29) is 24.0 Å². The van der Waals surface area contributed by atoms with E-state index in [4.69, 9.17) is 9.47 Å². The lowest BCUT2D eigenvalue weighted by Crippen LogP contribution is -2.42. The molecule has 0 unspecified atom stereocenters. The van der Waals surface area contributed by atoms with Crippen LogP contribution in [-0.2, 0) is 16.1 Å². The number of hydrogen-bond acceptors (Lipinski definition) is 5. The van der Waals surface area contributed by atoms with Gasteiger partial charge < -0.3 is 19.4 Å². The standard InChI is InChI=1S/C22H31N3O4/c1-4-25-20-13-17(5-6-18(20)19(16(2)3)14-22(25)27)29-15-21(26)23-7-8-24-9-11-28-12-10-24/h5-6,13-14,16H,4,7-12,15H2,1-3H3,(H,23,26). The van der Waals surface area contributed by atoms with Crippen molar-refractivity contribution < 1.29 is 14.3 Å². The predicted molar refractivity (Wildman–Crippen MR) is 114 cm³/mol. The summed E-state index contributed by atoms with van der Waals surface area (Å²) < 4.78 is 12.7. The molecule has 158 valence electrons. The van der Waals surface area contributed by atoms with Crippen molar-refractivity contribution in [1.82, 2.24) is 14.8 Å². The molecule has 1 fully saturated rings. The molecule has 0 spiro atoms. The predicted octanol–water partition coefficient (Wildman–Crippen LogP) is 1.97. The van der Waals surface area contributed by atoms with Crippen LogP contribution in [-0.4, -0.2) is 61.4 Å². The molecule has 1 amide bonds. The minimum atomic E-state index is -0.151. The summed E-state index contributed by atoms with van der Waals surface area (Å²) >= 11 is 0. The molecular formula is C22H31N3O4. The average molecular weight is 402 g/mol. The highest BCUT2D eigenvalue weighted by Crippen LogP contribution is 2.27. The molecule has 0 bridgehead atoms. The third kappa shape index (κ3) is 5.36. The minimum Gasteiger partial charge on any atom is -0.484 e. The van der Waals surface area contributed by atoms with Gasteiger partial charge in [0, 0.05) is 50.2 Å². The molecule has 0 saturated carbocycles. The van der Waals surface area contributed by atoms with E-state index < -0.39 is 0 Å². The zero-order valence-corrected chi connectivity index (χ0v) is 17.6. The van der Waals surface area contributed by atoms with Crippen molar-refractivity contribution in [1.29, 1.82) is 0 Å². The quantitative estimate of drug-likeness (QED) is 0.732. The second-order valence-electron chi connectivity index (χ2n) is 7.61. The Kier molecular flexibility index (Phi) is 7.28. The minimum absolute atomic E-state index is 0.0123. The van der Waals surface area contributed by atoms with Crippen LogP contribution in [0.1, 0.15) is 32.3 Å². The number of nitrogens with zero attached hydrogens (tertiary/aromatic N) is 2. The highest BCUT2D eigenvalue weighted by atomic mass is 16.5. The molecule has 3 rings (SSSR count). The number of aromatic nitrogens is 1. The molecule has 2 aromatic rings. The van der Waals surface area contributed by atoms with Crippen molar-refractivity contribution in [3.63, 3.8) is 0 Å². The molecule has 1 aromatic carbocycles. The molecular weight excluding hydrogens is 370 g/mol. The molecule has 0 atom stereocenters. The van der Waals surface area contributed by atoms with Gasteiger partial charge >= 0.3 is 0 Å². The van der Waals surface area contributed by atoms with Gasteiger partial charge in [-0.25, -0.2) is 0 Å². The van der Waals surface area contributed by atoms with Gasteiger partial charge in [0.1, 0.15) is 5.75 Å². The summed E-state index contributed by atoms with van der Waals surface area (Å²) in [6.45, 7) is 11.4. The second kappa shape index (κ2) is 9.89. The first kappa shape index (κ1) is 21.3. The van der Waals surface area contributed by atoms with Crippen molar-refractivity contribution in [3.05, 3.63) is 40.2 Å². The number of pyridine rings is 1. The van der Waals surface area contributed by atoms with Gasteiger partial charge in [0.05, 0.1) is 18.7 Å². The molecule has 1 aliphatic heterocycles. The molecule has 29 heavy (non-hydrogen) atoms. The molecule has 0 radical (unpaired) electrons. The number of carbonyl (C=O) groups is 1. The molecule has 1 aromatic heterocycles. The first-order chi connectivity index (χ1) is 14.0. The summed E-state index contributed by atoms with van der Waals surface area (Å²) in [4.78, 5) is 26.8. The Hall–Kier alpha value is -2.38. The van der Waals surface area contributed by atoms with Crippen molar-refractivity contribution >= 4 is 16.8 Å². The van der Waals surface area contributed by atoms with Gasteiger partial charge in [0.15, 0.2) is 6.61 Å². The fourth-order valence-corrected chi connectivity index (χ4v) is 3.66. The molecule has 1 N–H and O–H groups in total. The van der Waals surface area contributed by atoms with Crippen LogP contribution in [0, 0.1) is 0 Å². The summed E-state index contributed by atoms with van der Waals surface area (Å²) in [5.41, 5.74) is 1.86. The number of benzene rings is 1. The Bertz CT molecular complexity index is 901. The summed E-state index contributed by atoms with van der Waals surface area (Å²) in [6.07, 6.45) is 0. The third-order valence-corrected chi connectivity index (χ3v) is 5.28. The SMILES string of the molecule is CCn1c(=O)cc(C(C)C)c2ccc(OCC(=O)NCCN3CCOCC3)cc21. The van der Waals surface area contributed by atoms with Gasteiger partial charge in [-0.2, -0.15) is 0 Å². The lowest BCUT2D eigenvalue weighted by atomic mass is 9.98. The maximum atomic E-state index is 12.5. The Balaban J connectivity index is 1.62. The molecule has 2 heterocycles. The van der Waals surface area contributed by atoms with Crippen LogP contribution in [0.25, 0.3) is 10.9 Å². The zero-order valence-electron chi connectivity index (χ0n) is 17.6. The lowest BCUT2D eigenvalue weighted by Gasteiger charge is -2.26. The van der Waals surface area contributed by atoms with E-state index in [1.807, 2.05) is 25.1 Å². The van der Waals surface area contributed by atoms with E-state index in [1.54, 1.807) is 10.6 Å². The summed E-state index contributed by atoms with van der Waals surface area (Å²) in [7, 11) is 0. The van der Waals surface area contributed by atoms with E-state index >= 15 is 0 Å². The number of hydrogen-bond donors (Lipinski definition) is 1. The van der Waals surface area contributed by atoms with E-state index in [0.29, 0.717) is 18.8 Å². The van der Waals surface area contributed by atoms with Crippen molar-refractivity contribution in [3.8, 4) is 5.75 Å². The van der Waals surface area contributed by atoms with Gasteiger partial charge in [-0.3, -0.25) is 14.5 Å². The maximum Gasteiger partial charge on any atom is 0.257 e. The van der Waals surface area contributed by atoms with E-state index in [0.717, 1.165) is 49.3 Å². The molecule has 0 aliphatic carbocycles. The Morgan fingerprint density at radius 2 is 2.00 bits per heavy atom. The first-order valence-corrected chi connectivity index (χ1v) is 10.4. The normalized spacial score (nSPS) is 15.0. The monoisotopic (exact) mass is 401 g/mol. The number of amides is 1. The van der Waals surface area contributed by atoms with Gasteiger partial charge in [-0.05, 0) is 30.5 Å². The summed E-state index contributed by atoms with van der Waals surface area (Å²) in [6, 6.07) is 7.41. The Morgan fingerprint density at radius 1 is 1.24 bits per heavy atom. The molecule has 1 saturated heterocycles. The van der Waals surface area contributed by atoms with E-state index in [9.17, 15) is 9.59 Å². The summed E-state index contributed by atoms with van der Waals surface area (Å²) in [5.74, 6) is 0.686. The number of fused-ring (bicyclic) bond motifs is 1. The van der Waals surface area contributed by atoms with Gasteiger partial charge in [0.25, 0.3) is 11.5 Å². The van der Waals surface area contributed by atoms with E-state index in [2.05, 4.69) is 24.1 Å². The smallest absolute Gasteiger partial charge is 0.257 e. The van der Waals surface area contributed by atoms with Crippen LogP contribution in [0.3, 0.4) is 0 Å². The number of ether oxygens (including phenoxy) is 2. The van der Waals surface area contributed by atoms with Gasteiger partial charge in [0.2, 0.25) is 0 Å². The topological polar surface area (TPSA) is 72.8 Å². The van der Waals surface area contributed by atoms with Crippen LogP contribution in [0.5, 0.6) is 5.75 Å². The van der Waals surface area contributed by atoms with Crippen molar-refractivity contribution in [2.45, 2.75) is 33.2 Å². The molecule has 7 nitrogen and oxygen atoms in total. The highest BCUT2D eigenvalue weighted by Gasteiger charge is 2.13. The average Bonchev–Trinajstić information content (AvgIpc) is 2.72. The van der Waals surface area contributed by atoms with Crippen molar-refractivity contribution in [2.24, 2.45) is 0 Å². The molecule has 7 heteroatoms. The van der Waals surface area contributed by atoms with Crippen LogP contribution < -0.4 is 15.6 Å². The van der Waals surface area contributed by atoms with Gasteiger partial charge in [-0.1, -0.05) is 13.8 Å². The largest absolute Gasteiger partial charge is 0.484 e. The summed E-state index contributed by atoms with van der Waals surface area (Å²) in [5, 5.41) is 3.94.